The highest BCUT2D eigenvalue weighted by Gasteiger charge is 2.31. The Morgan fingerprint density at radius 2 is 1.30 bits per heavy atom. The predicted molar refractivity (Wildman–Crippen MR) is 125 cm³/mol. The molecular weight excluding hydrogens is 367 g/mol. The molecule has 162 valence electrons. The normalized spacial score (nSPS) is 28.2. The first kappa shape index (κ1) is 21.6. The first-order valence-electron chi connectivity index (χ1n) is 12.5. The minimum atomic E-state index is -0.122. The monoisotopic (exact) mass is 406 g/mol. The molecule has 1 heteroatoms. The van der Waals surface area contributed by atoms with Gasteiger partial charge in [-0.05, 0) is 97.8 Å². The Morgan fingerprint density at radius 1 is 0.733 bits per heavy atom. The zero-order chi connectivity index (χ0) is 20.8. The molecule has 0 N–H and O–H groups in total. The van der Waals surface area contributed by atoms with E-state index in [4.69, 9.17) is 0 Å². The number of hydrogen-bond donors (Lipinski definition) is 0. The van der Waals surface area contributed by atoms with Gasteiger partial charge in [0.25, 0.3) is 0 Å². The Bertz CT molecular complexity index is 734. The van der Waals surface area contributed by atoms with Crippen LogP contribution in [0.3, 0.4) is 0 Å². The Hall–Kier alpha value is -1.63. The maximum atomic E-state index is 13.1. The van der Waals surface area contributed by atoms with Gasteiger partial charge < -0.3 is 0 Å². The Morgan fingerprint density at radius 3 is 1.90 bits per heavy atom. The van der Waals surface area contributed by atoms with Crippen LogP contribution in [0, 0.1) is 29.5 Å². The summed E-state index contributed by atoms with van der Waals surface area (Å²) in [4.78, 5) is 0. The summed E-state index contributed by atoms with van der Waals surface area (Å²) in [6, 6.07) is 18.2. The van der Waals surface area contributed by atoms with Gasteiger partial charge in [-0.2, -0.15) is 0 Å². The second-order valence-electron chi connectivity index (χ2n) is 10.3. The Labute approximate surface area is 183 Å². The number of rotatable bonds is 7. The molecule has 1 atom stereocenters. The minimum absolute atomic E-state index is 0.122. The largest absolute Gasteiger partial charge is 0.207 e. The average molecular weight is 407 g/mol. The Balaban J connectivity index is 1.15. The molecule has 0 unspecified atom stereocenters. The van der Waals surface area contributed by atoms with Crippen molar-refractivity contribution in [2.75, 3.05) is 0 Å². The van der Waals surface area contributed by atoms with Crippen molar-refractivity contribution in [1.82, 2.24) is 0 Å². The first-order chi connectivity index (χ1) is 14.7. The van der Waals surface area contributed by atoms with Crippen LogP contribution in [-0.4, -0.2) is 0 Å². The molecule has 0 radical (unpaired) electrons. The van der Waals surface area contributed by atoms with Crippen molar-refractivity contribution in [2.45, 2.75) is 83.5 Å². The van der Waals surface area contributed by atoms with E-state index >= 15 is 0 Å². The first-order valence-corrected chi connectivity index (χ1v) is 12.5. The Kier molecular flexibility index (Phi) is 7.63. The molecule has 30 heavy (non-hydrogen) atoms. The summed E-state index contributed by atoms with van der Waals surface area (Å²) in [5.74, 6) is 4.37. The third-order valence-corrected chi connectivity index (χ3v) is 8.26. The maximum Gasteiger partial charge on any atom is 0.123 e. The molecule has 0 saturated heterocycles. The van der Waals surface area contributed by atoms with E-state index in [-0.39, 0.29) is 5.82 Å². The average Bonchev–Trinajstić information content (AvgIpc) is 2.80. The van der Waals surface area contributed by atoms with Crippen molar-refractivity contribution in [3.8, 4) is 0 Å². The van der Waals surface area contributed by atoms with Crippen molar-refractivity contribution in [3.05, 3.63) is 71.5 Å². The van der Waals surface area contributed by atoms with E-state index in [2.05, 4.69) is 37.3 Å². The molecule has 0 spiro atoms. The van der Waals surface area contributed by atoms with Crippen LogP contribution < -0.4 is 0 Å². The summed E-state index contributed by atoms with van der Waals surface area (Å²) in [5.41, 5.74) is 2.81. The van der Waals surface area contributed by atoms with Gasteiger partial charge in [0.2, 0.25) is 0 Å². The van der Waals surface area contributed by atoms with Gasteiger partial charge in [0.05, 0.1) is 0 Å². The van der Waals surface area contributed by atoms with Crippen LogP contribution in [0.15, 0.2) is 54.6 Å². The molecule has 0 aliphatic heterocycles. The van der Waals surface area contributed by atoms with Crippen molar-refractivity contribution in [2.24, 2.45) is 23.7 Å². The topological polar surface area (TPSA) is 0 Å². The zero-order valence-electron chi connectivity index (χ0n) is 18.7. The highest BCUT2D eigenvalue weighted by Crippen LogP contribution is 2.43. The molecular formula is C29H39F. The van der Waals surface area contributed by atoms with Gasteiger partial charge in [-0.25, -0.2) is 4.39 Å². The van der Waals surface area contributed by atoms with Gasteiger partial charge in [0, 0.05) is 0 Å². The van der Waals surface area contributed by atoms with Crippen LogP contribution in [0.2, 0.25) is 0 Å². The van der Waals surface area contributed by atoms with Crippen molar-refractivity contribution in [3.63, 3.8) is 0 Å². The van der Waals surface area contributed by atoms with Gasteiger partial charge in [-0.1, -0.05) is 75.1 Å². The van der Waals surface area contributed by atoms with Crippen LogP contribution in [0.25, 0.3) is 0 Å². The molecule has 0 nitrogen and oxygen atoms in total. The molecule has 4 rings (SSSR count). The van der Waals surface area contributed by atoms with Crippen molar-refractivity contribution >= 4 is 0 Å². The van der Waals surface area contributed by atoms with E-state index in [0.717, 1.165) is 30.1 Å². The molecule has 2 saturated carbocycles. The third-order valence-electron chi connectivity index (χ3n) is 8.26. The standard InChI is InChI=1S/C29H39F/c1-22(26-5-3-2-4-6-26)21-25-11-17-28(18-12-25)27-15-9-23(10-16-27)7-8-24-13-19-29(30)20-14-24/h2-6,13-14,19-20,22-23,25,27-28H,7-12,15-18,21H2,1H3/t22-,23?,25?,27?,28?/m0/s1. The quantitative estimate of drug-likeness (QED) is 0.432. The summed E-state index contributed by atoms with van der Waals surface area (Å²) in [5, 5.41) is 0. The zero-order valence-corrected chi connectivity index (χ0v) is 18.7. The molecule has 0 heterocycles. The van der Waals surface area contributed by atoms with Gasteiger partial charge in [-0.15, -0.1) is 0 Å². The third kappa shape index (κ3) is 5.96. The predicted octanol–water partition coefficient (Wildman–Crippen LogP) is 8.56. The lowest BCUT2D eigenvalue weighted by atomic mass is 9.67. The number of benzene rings is 2. The van der Waals surface area contributed by atoms with E-state index in [1.807, 2.05) is 12.1 Å². The number of halogens is 1. The van der Waals surface area contributed by atoms with Crippen LogP contribution in [0.1, 0.15) is 88.2 Å². The van der Waals surface area contributed by atoms with E-state index in [9.17, 15) is 4.39 Å². The van der Waals surface area contributed by atoms with Crippen molar-refractivity contribution in [1.29, 1.82) is 0 Å². The maximum absolute atomic E-state index is 13.1. The van der Waals surface area contributed by atoms with Gasteiger partial charge in [0.15, 0.2) is 0 Å². The molecule has 2 aliphatic rings. The second kappa shape index (κ2) is 10.6. The molecule has 0 amide bonds. The highest BCUT2D eigenvalue weighted by atomic mass is 19.1. The lowest BCUT2D eigenvalue weighted by Crippen LogP contribution is -2.26. The van der Waals surface area contributed by atoms with Crippen LogP contribution in [0.5, 0.6) is 0 Å². The summed E-state index contributed by atoms with van der Waals surface area (Å²) in [6.45, 7) is 2.41. The number of hydrogen-bond acceptors (Lipinski definition) is 0. The van der Waals surface area contributed by atoms with Crippen LogP contribution >= 0.6 is 0 Å². The lowest BCUT2D eigenvalue weighted by molar-refractivity contribution is 0.139. The second-order valence-corrected chi connectivity index (χ2v) is 10.3. The van der Waals surface area contributed by atoms with Crippen LogP contribution in [-0.2, 0) is 6.42 Å². The number of aryl methyl sites for hydroxylation is 1. The molecule has 2 fully saturated rings. The highest BCUT2D eigenvalue weighted by molar-refractivity contribution is 5.19. The fraction of sp³-hybridized carbons (Fsp3) is 0.586. The van der Waals surface area contributed by atoms with E-state index in [1.165, 1.54) is 75.3 Å². The van der Waals surface area contributed by atoms with E-state index < -0.39 is 0 Å². The van der Waals surface area contributed by atoms with Crippen molar-refractivity contribution < 1.29 is 4.39 Å². The lowest BCUT2D eigenvalue weighted by Gasteiger charge is -2.38. The molecule has 2 aromatic rings. The van der Waals surface area contributed by atoms with Gasteiger partial charge in [-0.3, -0.25) is 0 Å². The molecule has 0 bridgehead atoms. The van der Waals surface area contributed by atoms with Gasteiger partial charge in [0.1, 0.15) is 5.82 Å². The fourth-order valence-electron chi connectivity index (χ4n) is 6.28. The molecule has 2 aromatic carbocycles. The van der Waals surface area contributed by atoms with E-state index in [1.54, 1.807) is 12.1 Å². The summed E-state index contributed by atoms with van der Waals surface area (Å²) < 4.78 is 13.1. The summed E-state index contributed by atoms with van der Waals surface area (Å²) in [6.07, 6.45) is 15.3. The SMILES string of the molecule is C[C@@H](CC1CCC(C2CCC(CCc3ccc(F)cc3)CC2)CC1)c1ccccc1. The van der Waals surface area contributed by atoms with E-state index in [0.29, 0.717) is 5.92 Å². The fourth-order valence-corrected chi connectivity index (χ4v) is 6.28. The van der Waals surface area contributed by atoms with Gasteiger partial charge >= 0.3 is 0 Å². The van der Waals surface area contributed by atoms with Crippen LogP contribution in [0.4, 0.5) is 4.39 Å². The summed E-state index contributed by atoms with van der Waals surface area (Å²) >= 11 is 0. The molecule has 2 aliphatic carbocycles. The minimum Gasteiger partial charge on any atom is -0.207 e. The smallest absolute Gasteiger partial charge is 0.123 e. The summed E-state index contributed by atoms with van der Waals surface area (Å²) in [7, 11) is 0. The molecule has 0 aromatic heterocycles.